The molecule has 0 radical (unpaired) electrons. The van der Waals surface area contributed by atoms with E-state index in [1.54, 1.807) is 35.9 Å². The predicted molar refractivity (Wildman–Crippen MR) is 119 cm³/mol. The summed E-state index contributed by atoms with van der Waals surface area (Å²) < 4.78 is 31.2. The Morgan fingerprint density at radius 1 is 1.27 bits per heavy atom. The zero-order valence-electron chi connectivity index (χ0n) is 17.9. The molecule has 0 amide bonds. The van der Waals surface area contributed by atoms with E-state index in [4.69, 9.17) is 9.72 Å². The second-order valence-corrected chi connectivity index (χ2v) is 10.8. The first-order valence-electron chi connectivity index (χ1n) is 10.7. The molecular formula is C22H22N4O6S. The quantitative estimate of drug-likeness (QED) is 0.304. The number of pyridine rings is 1. The lowest BCUT2D eigenvalue weighted by Crippen LogP contribution is -2.14. The Morgan fingerprint density at radius 3 is 2.70 bits per heavy atom. The maximum absolute atomic E-state index is 13.1. The largest absolute Gasteiger partial charge is 0.457 e. The second kappa shape index (κ2) is 7.91. The van der Waals surface area contributed by atoms with Gasteiger partial charge in [-0.2, -0.15) is 5.10 Å². The molecule has 1 aliphatic carbocycles. The van der Waals surface area contributed by atoms with Gasteiger partial charge < -0.3 is 4.74 Å². The fourth-order valence-corrected chi connectivity index (χ4v) is 6.03. The number of carbonyl (C=O) groups is 1. The van der Waals surface area contributed by atoms with Crippen LogP contribution in [0.25, 0.3) is 11.0 Å². The van der Waals surface area contributed by atoms with Crippen molar-refractivity contribution < 1.29 is 22.9 Å². The van der Waals surface area contributed by atoms with Gasteiger partial charge in [0.25, 0.3) is 5.69 Å². The lowest BCUT2D eigenvalue weighted by molar-refractivity contribution is -0.385. The van der Waals surface area contributed by atoms with Crippen LogP contribution in [0.5, 0.6) is 0 Å². The third-order valence-corrected chi connectivity index (χ3v) is 7.92. The smallest absolute Gasteiger partial charge is 0.339 e. The van der Waals surface area contributed by atoms with Crippen molar-refractivity contribution in [2.45, 2.75) is 44.8 Å². The van der Waals surface area contributed by atoms with E-state index in [1.165, 1.54) is 6.07 Å². The van der Waals surface area contributed by atoms with Crippen LogP contribution in [0.1, 0.15) is 58.5 Å². The molecule has 2 fully saturated rings. The standard InChI is InChI=1S/C22H22N4O6S/c1-13-20-17(22(27)32-11-15-4-2-3-5-19(15)26(28)29)10-18(14-6-7-14)23-21(20)25(24-13)16-8-9-33(30,31)12-16/h2-5,10,14,16H,6-9,11-12H2,1H3. The fraction of sp³-hybridized carbons (Fsp3) is 0.409. The van der Waals surface area contributed by atoms with Gasteiger partial charge in [0.2, 0.25) is 0 Å². The second-order valence-electron chi connectivity index (χ2n) is 8.62. The van der Waals surface area contributed by atoms with Gasteiger partial charge in [0.1, 0.15) is 6.61 Å². The van der Waals surface area contributed by atoms with Gasteiger partial charge >= 0.3 is 5.97 Å². The zero-order valence-corrected chi connectivity index (χ0v) is 18.7. The van der Waals surface area contributed by atoms with Gasteiger partial charge in [-0.05, 0) is 38.3 Å². The van der Waals surface area contributed by atoms with Gasteiger partial charge in [-0.25, -0.2) is 22.9 Å². The number of ether oxygens (including phenoxy) is 1. The molecule has 1 atom stereocenters. The fourth-order valence-electron chi connectivity index (χ4n) is 4.34. The molecule has 3 aromatic rings. The lowest BCUT2D eigenvalue weighted by Gasteiger charge is -2.12. The van der Waals surface area contributed by atoms with E-state index >= 15 is 0 Å². The third-order valence-electron chi connectivity index (χ3n) is 6.17. The summed E-state index contributed by atoms with van der Waals surface area (Å²) in [5.41, 5.74) is 2.27. The number of aryl methyl sites for hydroxylation is 1. The molecule has 0 spiro atoms. The highest BCUT2D eigenvalue weighted by Gasteiger charge is 2.34. The summed E-state index contributed by atoms with van der Waals surface area (Å²) in [6.07, 6.45) is 2.38. The van der Waals surface area contributed by atoms with Crippen LogP contribution in [0.3, 0.4) is 0 Å². The number of nitro benzene ring substituents is 1. The molecular weight excluding hydrogens is 448 g/mol. The van der Waals surface area contributed by atoms with E-state index in [1.807, 2.05) is 0 Å². The number of carbonyl (C=O) groups excluding carboxylic acids is 1. The van der Waals surface area contributed by atoms with E-state index in [2.05, 4.69) is 5.10 Å². The van der Waals surface area contributed by atoms with E-state index in [9.17, 15) is 23.3 Å². The molecule has 3 heterocycles. The summed E-state index contributed by atoms with van der Waals surface area (Å²) in [5, 5.41) is 16.3. The van der Waals surface area contributed by atoms with Crippen molar-refractivity contribution in [2.75, 3.05) is 11.5 Å². The van der Waals surface area contributed by atoms with Crippen LogP contribution < -0.4 is 0 Å². The zero-order chi connectivity index (χ0) is 23.3. The molecule has 1 saturated carbocycles. The number of sulfone groups is 1. The van der Waals surface area contributed by atoms with Crippen molar-refractivity contribution in [2.24, 2.45) is 0 Å². The number of nitrogens with zero attached hydrogens (tertiary/aromatic N) is 4. The molecule has 1 aliphatic heterocycles. The number of esters is 1. The number of aromatic nitrogens is 3. The highest BCUT2D eigenvalue weighted by atomic mass is 32.2. The number of rotatable bonds is 6. The first-order chi connectivity index (χ1) is 15.7. The van der Waals surface area contributed by atoms with Crippen LogP contribution >= 0.6 is 0 Å². The Bertz CT molecular complexity index is 1390. The first-order valence-corrected chi connectivity index (χ1v) is 12.6. The highest BCUT2D eigenvalue weighted by molar-refractivity contribution is 7.91. The number of fused-ring (bicyclic) bond motifs is 1. The van der Waals surface area contributed by atoms with Crippen LogP contribution in [0.15, 0.2) is 30.3 Å². The lowest BCUT2D eigenvalue weighted by atomic mass is 10.1. The van der Waals surface area contributed by atoms with Gasteiger partial charge in [0, 0.05) is 17.7 Å². The first kappa shape index (κ1) is 21.5. The summed E-state index contributed by atoms with van der Waals surface area (Å²) in [6, 6.07) is 7.50. The Balaban J connectivity index is 1.52. The van der Waals surface area contributed by atoms with Crippen molar-refractivity contribution >= 4 is 32.5 Å². The van der Waals surface area contributed by atoms with Crippen LogP contribution in [0.4, 0.5) is 5.69 Å². The van der Waals surface area contributed by atoms with E-state index in [-0.39, 0.29) is 35.8 Å². The summed E-state index contributed by atoms with van der Waals surface area (Å²) in [7, 11) is -3.13. The van der Waals surface area contributed by atoms with Crippen molar-refractivity contribution in [3.05, 3.63) is 63.0 Å². The minimum absolute atomic E-state index is 0.00396. The molecule has 2 aromatic heterocycles. The van der Waals surface area contributed by atoms with Crippen LogP contribution in [-0.2, 0) is 21.2 Å². The third kappa shape index (κ3) is 4.08. The number of hydrogen-bond acceptors (Lipinski definition) is 8. The Labute approximate surface area is 189 Å². The Morgan fingerprint density at radius 2 is 2.03 bits per heavy atom. The number of nitro groups is 1. The van der Waals surface area contributed by atoms with Crippen molar-refractivity contribution in [3.8, 4) is 0 Å². The number of hydrogen-bond donors (Lipinski definition) is 0. The monoisotopic (exact) mass is 470 g/mol. The average molecular weight is 471 g/mol. The molecule has 2 aliphatic rings. The molecule has 10 nitrogen and oxygen atoms in total. The molecule has 1 saturated heterocycles. The van der Waals surface area contributed by atoms with E-state index in [0.29, 0.717) is 34.3 Å². The van der Waals surface area contributed by atoms with Crippen LogP contribution in [0.2, 0.25) is 0 Å². The normalized spacial score (nSPS) is 19.6. The Hall–Kier alpha value is -3.34. The molecule has 0 N–H and O–H groups in total. The number of benzene rings is 1. The van der Waals surface area contributed by atoms with Gasteiger partial charge in [-0.15, -0.1) is 0 Å². The number of para-hydroxylation sites is 1. The molecule has 1 unspecified atom stereocenters. The average Bonchev–Trinajstić information content (AvgIpc) is 3.50. The maximum Gasteiger partial charge on any atom is 0.339 e. The van der Waals surface area contributed by atoms with E-state index in [0.717, 1.165) is 18.5 Å². The molecule has 1 aromatic carbocycles. The van der Waals surface area contributed by atoms with Gasteiger partial charge in [0.05, 0.1) is 44.7 Å². The summed E-state index contributed by atoms with van der Waals surface area (Å²) in [6.45, 7) is 1.51. The van der Waals surface area contributed by atoms with E-state index < -0.39 is 20.7 Å². The van der Waals surface area contributed by atoms with Crippen molar-refractivity contribution in [3.63, 3.8) is 0 Å². The minimum Gasteiger partial charge on any atom is -0.457 e. The summed E-state index contributed by atoms with van der Waals surface area (Å²) >= 11 is 0. The Kier molecular flexibility index (Phi) is 5.15. The summed E-state index contributed by atoms with van der Waals surface area (Å²) in [5.74, 6) is -0.280. The molecule has 172 valence electrons. The molecule has 33 heavy (non-hydrogen) atoms. The predicted octanol–water partition coefficient (Wildman–Crippen LogP) is 3.24. The van der Waals surface area contributed by atoms with Crippen molar-refractivity contribution in [1.82, 2.24) is 14.8 Å². The van der Waals surface area contributed by atoms with Gasteiger partial charge in [-0.3, -0.25) is 10.1 Å². The molecule has 0 bridgehead atoms. The minimum atomic E-state index is -3.13. The van der Waals surface area contributed by atoms with Crippen molar-refractivity contribution in [1.29, 1.82) is 0 Å². The van der Waals surface area contributed by atoms with Gasteiger partial charge in [-0.1, -0.05) is 12.1 Å². The highest BCUT2D eigenvalue weighted by Crippen LogP contribution is 2.41. The summed E-state index contributed by atoms with van der Waals surface area (Å²) in [4.78, 5) is 28.6. The molecule has 5 rings (SSSR count). The van der Waals surface area contributed by atoms with Gasteiger partial charge in [0.15, 0.2) is 15.5 Å². The molecule has 11 heteroatoms. The maximum atomic E-state index is 13.1. The SMILES string of the molecule is Cc1nn(C2CCS(=O)(=O)C2)c2nc(C3CC3)cc(C(=O)OCc3ccccc3[N+](=O)[O-])c12. The van der Waals surface area contributed by atoms with Crippen LogP contribution in [-0.4, -0.2) is 45.6 Å². The topological polar surface area (TPSA) is 134 Å². The van der Waals surface area contributed by atoms with Crippen LogP contribution in [0, 0.1) is 17.0 Å².